The Bertz CT molecular complexity index is 290. The van der Waals surface area contributed by atoms with Gasteiger partial charge in [0.15, 0.2) is 0 Å². The van der Waals surface area contributed by atoms with Crippen LogP contribution >= 0.6 is 0 Å². The number of nitrogens with zero attached hydrogens (tertiary/aromatic N) is 1. The zero-order chi connectivity index (χ0) is 9.26. The average Bonchev–Trinajstić information content (AvgIpc) is 2.44. The predicted molar refractivity (Wildman–Crippen MR) is 52.5 cm³/mol. The fraction of sp³-hybridized carbons (Fsp3) is 0.700. The maximum Gasteiger partial charge on any atom is 0.103 e. The van der Waals surface area contributed by atoms with Crippen molar-refractivity contribution >= 4 is 0 Å². The van der Waals surface area contributed by atoms with Crippen LogP contribution in [-0.4, -0.2) is 16.5 Å². The molecule has 1 unspecified atom stereocenters. The Morgan fingerprint density at radius 1 is 1.62 bits per heavy atom. The molecular formula is C10H17N3. The standard InChI is InChI=1S/C10H17N3/c1-7-12-9-3-2-8(4-5-11)6-10(9)13-7/h8H,2-6,11H2,1H3,(H,12,13). The third kappa shape index (κ3) is 1.75. The van der Waals surface area contributed by atoms with E-state index in [0.29, 0.717) is 0 Å². The molecule has 0 fully saturated rings. The molecule has 0 radical (unpaired) electrons. The van der Waals surface area contributed by atoms with Crippen molar-refractivity contribution in [2.24, 2.45) is 11.7 Å². The minimum atomic E-state index is 0.775. The topological polar surface area (TPSA) is 54.7 Å². The zero-order valence-electron chi connectivity index (χ0n) is 8.14. The van der Waals surface area contributed by atoms with Crippen LogP contribution in [-0.2, 0) is 12.8 Å². The minimum Gasteiger partial charge on any atom is -0.346 e. The molecule has 1 heterocycles. The Hall–Kier alpha value is -0.830. The number of aryl methyl sites for hydroxylation is 2. The van der Waals surface area contributed by atoms with Gasteiger partial charge in [-0.25, -0.2) is 4.98 Å². The molecule has 2 rings (SSSR count). The van der Waals surface area contributed by atoms with Gasteiger partial charge in [-0.3, -0.25) is 0 Å². The predicted octanol–water partition coefficient (Wildman–Crippen LogP) is 1.17. The highest BCUT2D eigenvalue weighted by Crippen LogP contribution is 2.25. The summed E-state index contributed by atoms with van der Waals surface area (Å²) in [7, 11) is 0. The normalized spacial score (nSPS) is 21.5. The van der Waals surface area contributed by atoms with Crippen molar-refractivity contribution in [3.63, 3.8) is 0 Å². The molecule has 13 heavy (non-hydrogen) atoms. The molecule has 0 aromatic carbocycles. The van der Waals surface area contributed by atoms with Crippen LogP contribution in [0.2, 0.25) is 0 Å². The lowest BCUT2D eigenvalue weighted by Gasteiger charge is -2.20. The van der Waals surface area contributed by atoms with Crippen LogP contribution in [0.5, 0.6) is 0 Å². The third-order valence-corrected chi connectivity index (χ3v) is 2.84. The van der Waals surface area contributed by atoms with E-state index in [-0.39, 0.29) is 0 Å². The minimum absolute atomic E-state index is 0.775. The zero-order valence-corrected chi connectivity index (χ0v) is 8.14. The van der Waals surface area contributed by atoms with Crippen molar-refractivity contribution in [3.8, 4) is 0 Å². The van der Waals surface area contributed by atoms with Gasteiger partial charge in [-0.05, 0) is 45.1 Å². The number of nitrogens with two attached hydrogens (primary N) is 1. The maximum atomic E-state index is 5.56. The Labute approximate surface area is 78.7 Å². The van der Waals surface area contributed by atoms with E-state index in [4.69, 9.17) is 5.73 Å². The Kier molecular flexibility index (Phi) is 2.36. The monoisotopic (exact) mass is 179 g/mol. The average molecular weight is 179 g/mol. The summed E-state index contributed by atoms with van der Waals surface area (Å²) in [4.78, 5) is 7.79. The summed E-state index contributed by atoms with van der Waals surface area (Å²) in [5.74, 6) is 1.83. The van der Waals surface area contributed by atoms with Gasteiger partial charge >= 0.3 is 0 Å². The number of hydrogen-bond acceptors (Lipinski definition) is 2. The molecule has 1 aromatic heterocycles. The first-order chi connectivity index (χ1) is 6.29. The van der Waals surface area contributed by atoms with Crippen LogP contribution in [0.1, 0.15) is 30.1 Å². The van der Waals surface area contributed by atoms with E-state index in [1.54, 1.807) is 0 Å². The van der Waals surface area contributed by atoms with Gasteiger partial charge < -0.3 is 10.7 Å². The lowest BCUT2D eigenvalue weighted by Crippen LogP contribution is -2.17. The first-order valence-electron chi connectivity index (χ1n) is 5.04. The number of rotatable bonds is 2. The highest BCUT2D eigenvalue weighted by molar-refractivity contribution is 5.18. The van der Waals surface area contributed by atoms with E-state index < -0.39 is 0 Å². The van der Waals surface area contributed by atoms with E-state index in [1.807, 2.05) is 6.92 Å². The molecule has 0 aliphatic heterocycles. The van der Waals surface area contributed by atoms with E-state index in [0.717, 1.165) is 37.5 Å². The first kappa shape index (κ1) is 8.75. The lowest BCUT2D eigenvalue weighted by molar-refractivity contribution is 0.426. The molecule has 0 bridgehead atoms. The van der Waals surface area contributed by atoms with Crippen molar-refractivity contribution in [1.29, 1.82) is 0 Å². The number of H-pyrrole nitrogens is 1. The molecule has 3 nitrogen and oxygen atoms in total. The summed E-state index contributed by atoms with van der Waals surface area (Å²) in [6.07, 6.45) is 4.68. The van der Waals surface area contributed by atoms with E-state index in [9.17, 15) is 0 Å². The summed E-state index contributed by atoms with van der Waals surface area (Å²) in [5, 5.41) is 0. The molecule has 1 aromatic rings. The SMILES string of the molecule is Cc1nc2c([nH]1)CC(CCN)CC2. The molecule has 72 valence electrons. The van der Waals surface area contributed by atoms with Crippen LogP contribution in [0.15, 0.2) is 0 Å². The van der Waals surface area contributed by atoms with Crippen molar-refractivity contribution in [2.45, 2.75) is 32.6 Å². The Morgan fingerprint density at radius 3 is 3.23 bits per heavy atom. The number of nitrogens with one attached hydrogen (secondary N) is 1. The quantitative estimate of drug-likeness (QED) is 0.716. The number of aromatic nitrogens is 2. The summed E-state index contributed by atoms with van der Waals surface area (Å²) in [6, 6.07) is 0. The van der Waals surface area contributed by atoms with Crippen molar-refractivity contribution in [2.75, 3.05) is 6.54 Å². The van der Waals surface area contributed by atoms with E-state index >= 15 is 0 Å². The Morgan fingerprint density at radius 2 is 2.46 bits per heavy atom. The highest BCUT2D eigenvalue weighted by Gasteiger charge is 2.20. The second-order valence-electron chi connectivity index (χ2n) is 3.93. The number of fused-ring (bicyclic) bond motifs is 1. The maximum absolute atomic E-state index is 5.56. The molecule has 3 heteroatoms. The van der Waals surface area contributed by atoms with Crippen molar-refractivity contribution in [1.82, 2.24) is 9.97 Å². The lowest BCUT2D eigenvalue weighted by atomic mass is 9.87. The van der Waals surface area contributed by atoms with Gasteiger partial charge in [0.25, 0.3) is 0 Å². The van der Waals surface area contributed by atoms with Crippen molar-refractivity contribution < 1.29 is 0 Å². The first-order valence-corrected chi connectivity index (χ1v) is 5.04. The van der Waals surface area contributed by atoms with Gasteiger partial charge in [0.1, 0.15) is 5.82 Å². The van der Waals surface area contributed by atoms with E-state index in [1.165, 1.54) is 17.8 Å². The molecule has 1 atom stereocenters. The molecule has 3 N–H and O–H groups in total. The van der Waals surface area contributed by atoms with Gasteiger partial charge in [0.05, 0.1) is 5.69 Å². The van der Waals surface area contributed by atoms with Crippen LogP contribution in [0.25, 0.3) is 0 Å². The second-order valence-corrected chi connectivity index (χ2v) is 3.93. The summed E-state index contributed by atoms with van der Waals surface area (Å²) < 4.78 is 0. The van der Waals surface area contributed by atoms with Crippen LogP contribution in [0.4, 0.5) is 0 Å². The van der Waals surface area contributed by atoms with Crippen LogP contribution in [0.3, 0.4) is 0 Å². The molecule has 0 saturated heterocycles. The van der Waals surface area contributed by atoms with Gasteiger partial charge in [-0.2, -0.15) is 0 Å². The Balaban J connectivity index is 2.10. The largest absolute Gasteiger partial charge is 0.346 e. The summed E-state index contributed by atoms with van der Waals surface area (Å²) in [5.41, 5.74) is 8.19. The van der Waals surface area contributed by atoms with Crippen molar-refractivity contribution in [3.05, 3.63) is 17.2 Å². The molecule has 1 aliphatic rings. The molecule has 0 amide bonds. The van der Waals surface area contributed by atoms with Gasteiger partial charge in [0, 0.05) is 5.69 Å². The van der Waals surface area contributed by atoms with Crippen LogP contribution < -0.4 is 5.73 Å². The highest BCUT2D eigenvalue weighted by atomic mass is 14.9. The molecular weight excluding hydrogens is 162 g/mol. The summed E-state index contributed by atoms with van der Waals surface area (Å²) in [6.45, 7) is 2.84. The molecule has 0 saturated carbocycles. The second kappa shape index (κ2) is 3.50. The van der Waals surface area contributed by atoms with Gasteiger partial charge in [-0.15, -0.1) is 0 Å². The number of imidazole rings is 1. The number of aromatic amines is 1. The summed E-state index contributed by atoms with van der Waals surface area (Å²) >= 11 is 0. The molecule has 1 aliphatic carbocycles. The molecule has 0 spiro atoms. The fourth-order valence-corrected chi connectivity index (χ4v) is 2.18. The van der Waals surface area contributed by atoms with Gasteiger partial charge in [0.2, 0.25) is 0 Å². The van der Waals surface area contributed by atoms with Crippen LogP contribution in [0, 0.1) is 12.8 Å². The smallest absolute Gasteiger partial charge is 0.103 e. The third-order valence-electron chi connectivity index (χ3n) is 2.84. The van der Waals surface area contributed by atoms with E-state index in [2.05, 4.69) is 9.97 Å². The number of hydrogen-bond donors (Lipinski definition) is 2. The fourth-order valence-electron chi connectivity index (χ4n) is 2.18. The van der Waals surface area contributed by atoms with Gasteiger partial charge in [-0.1, -0.05) is 0 Å².